The van der Waals surface area contributed by atoms with Crippen LogP contribution in [0.15, 0.2) is 55.5 Å². The van der Waals surface area contributed by atoms with Crippen LogP contribution in [-0.4, -0.2) is 45.2 Å². The highest BCUT2D eigenvalue weighted by molar-refractivity contribution is 6.04. The molecule has 1 aliphatic rings. The van der Waals surface area contributed by atoms with E-state index in [1.165, 1.54) is 23.2 Å². The van der Waals surface area contributed by atoms with Crippen LogP contribution in [0.2, 0.25) is 0 Å². The Labute approximate surface area is 180 Å². The molecule has 1 N–H and O–H groups in total. The Morgan fingerprint density at radius 2 is 2.13 bits per heavy atom. The van der Waals surface area contributed by atoms with Crippen molar-refractivity contribution in [3.05, 3.63) is 77.9 Å². The molecular formula is C24H25N3O4. The molecule has 4 rings (SSSR count). The van der Waals surface area contributed by atoms with Crippen molar-refractivity contribution in [3.63, 3.8) is 0 Å². The Hall–Kier alpha value is -3.45. The normalized spacial score (nSPS) is 15.3. The van der Waals surface area contributed by atoms with Crippen LogP contribution < -0.4 is 0 Å². The zero-order chi connectivity index (χ0) is 22.3. The van der Waals surface area contributed by atoms with Crippen molar-refractivity contribution >= 4 is 22.8 Å². The summed E-state index contributed by atoms with van der Waals surface area (Å²) in [6.07, 6.45) is 3.72. The molecule has 2 heterocycles. The molecule has 1 amide bonds. The minimum Gasteiger partial charge on any atom is -0.445 e. The van der Waals surface area contributed by atoms with Crippen molar-refractivity contribution in [2.75, 3.05) is 13.7 Å². The average Bonchev–Trinajstić information content (AvgIpc) is 3.36. The van der Waals surface area contributed by atoms with E-state index >= 15 is 0 Å². The van der Waals surface area contributed by atoms with Gasteiger partial charge in [-0.05, 0) is 39.9 Å². The lowest BCUT2D eigenvalue weighted by Gasteiger charge is -2.31. The predicted octanol–water partition coefficient (Wildman–Crippen LogP) is 3.68. The summed E-state index contributed by atoms with van der Waals surface area (Å²) >= 11 is 0. The molecule has 1 aliphatic heterocycles. The number of nitrogens with zero attached hydrogens (tertiary/aromatic N) is 3. The topological polar surface area (TPSA) is 84.7 Å². The van der Waals surface area contributed by atoms with Gasteiger partial charge in [0.15, 0.2) is 0 Å². The van der Waals surface area contributed by atoms with E-state index in [-0.39, 0.29) is 18.4 Å². The summed E-state index contributed by atoms with van der Waals surface area (Å²) in [6.45, 7) is 7.98. The van der Waals surface area contributed by atoms with E-state index in [4.69, 9.17) is 4.74 Å². The Bertz CT molecular complexity index is 1200. The van der Waals surface area contributed by atoms with E-state index in [2.05, 4.69) is 11.6 Å². The molecule has 1 unspecified atom stereocenters. The van der Waals surface area contributed by atoms with Gasteiger partial charge in [-0.2, -0.15) is 0 Å². The molecule has 7 nitrogen and oxygen atoms in total. The molecule has 1 atom stereocenters. The van der Waals surface area contributed by atoms with Gasteiger partial charge in [0.05, 0.1) is 5.69 Å². The number of benzene rings is 2. The third-order valence-electron chi connectivity index (χ3n) is 5.89. The number of ether oxygens (including phenoxy) is 1. The molecule has 0 spiro atoms. The van der Waals surface area contributed by atoms with Gasteiger partial charge in [0.2, 0.25) is 0 Å². The number of aliphatic hydroxyl groups is 1. The highest BCUT2D eigenvalue weighted by atomic mass is 16.5. The molecule has 7 heteroatoms. The van der Waals surface area contributed by atoms with E-state index in [0.717, 1.165) is 21.9 Å². The van der Waals surface area contributed by atoms with E-state index in [1.807, 2.05) is 44.2 Å². The third kappa shape index (κ3) is 3.31. The first-order valence-corrected chi connectivity index (χ1v) is 10.1. The number of carbonyl (C=O) groups is 2. The lowest BCUT2D eigenvalue weighted by atomic mass is 9.80. The number of hydrogen-bond acceptors (Lipinski definition) is 5. The number of imidazole rings is 1. The lowest BCUT2D eigenvalue weighted by molar-refractivity contribution is 0.0280. The van der Waals surface area contributed by atoms with Gasteiger partial charge in [-0.3, -0.25) is 4.79 Å². The second kappa shape index (κ2) is 7.67. The maximum Gasteiger partial charge on any atom is 0.419 e. The Morgan fingerprint density at radius 1 is 1.35 bits per heavy atom. The third-order valence-corrected chi connectivity index (χ3v) is 5.89. The van der Waals surface area contributed by atoms with E-state index < -0.39 is 11.7 Å². The number of fused-ring (bicyclic) bond motifs is 3. The van der Waals surface area contributed by atoms with Gasteiger partial charge in [0.1, 0.15) is 18.5 Å². The van der Waals surface area contributed by atoms with Gasteiger partial charge in [0, 0.05) is 25.4 Å². The Kier molecular flexibility index (Phi) is 5.15. The van der Waals surface area contributed by atoms with Crippen LogP contribution in [-0.2, 0) is 16.9 Å². The average molecular weight is 419 g/mol. The number of amides is 1. The lowest BCUT2D eigenvalue weighted by Crippen LogP contribution is -2.34. The Morgan fingerprint density at radius 3 is 2.84 bits per heavy atom. The fraction of sp³-hybridized carbons (Fsp3) is 0.292. The number of rotatable bonds is 5. The van der Waals surface area contributed by atoms with Crippen molar-refractivity contribution in [1.29, 1.82) is 0 Å². The van der Waals surface area contributed by atoms with E-state index in [1.54, 1.807) is 11.9 Å². The highest BCUT2D eigenvalue weighted by Gasteiger charge is 2.38. The molecule has 0 bridgehead atoms. The standard InChI is InChI=1S/C24H25N3O4/c1-5-10-31-23(29)27-13-21(25-14-27)24(30,15(2)3)17-7-9-18-16(11-17)6-8-19-20(18)12-26(4)22(19)28/h5-9,11,13-15,30H,1,10,12H2,2-4H3. The van der Waals surface area contributed by atoms with Crippen LogP contribution in [0, 0.1) is 5.92 Å². The first kappa shape index (κ1) is 20.8. The van der Waals surface area contributed by atoms with Crippen molar-refractivity contribution in [2.45, 2.75) is 26.0 Å². The van der Waals surface area contributed by atoms with Crippen LogP contribution in [0.4, 0.5) is 4.79 Å². The van der Waals surface area contributed by atoms with Gasteiger partial charge >= 0.3 is 6.09 Å². The monoisotopic (exact) mass is 419 g/mol. The van der Waals surface area contributed by atoms with Gasteiger partial charge in [0.25, 0.3) is 5.91 Å². The number of hydrogen-bond donors (Lipinski definition) is 1. The zero-order valence-corrected chi connectivity index (χ0v) is 17.8. The molecule has 3 aromatic rings. The van der Waals surface area contributed by atoms with Gasteiger partial charge < -0.3 is 14.7 Å². The van der Waals surface area contributed by atoms with Gasteiger partial charge in [-0.15, -0.1) is 0 Å². The van der Waals surface area contributed by atoms with Gasteiger partial charge in [-0.1, -0.05) is 44.7 Å². The van der Waals surface area contributed by atoms with Crippen molar-refractivity contribution < 1.29 is 19.4 Å². The summed E-state index contributed by atoms with van der Waals surface area (Å²) in [4.78, 5) is 30.4. The number of carbonyl (C=O) groups excluding carboxylic acids is 2. The largest absolute Gasteiger partial charge is 0.445 e. The molecule has 0 fully saturated rings. The molecule has 0 radical (unpaired) electrons. The summed E-state index contributed by atoms with van der Waals surface area (Å²) < 4.78 is 6.25. The summed E-state index contributed by atoms with van der Waals surface area (Å²) in [5.74, 6) is -0.201. The molecule has 0 saturated heterocycles. The zero-order valence-electron chi connectivity index (χ0n) is 17.8. The van der Waals surface area contributed by atoms with E-state index in [9.17, 15) is 14.7 Å². The molecule has 0 saturated carbocycles. The van der Waals surface area contributed by atoms with Crippen molar-refractivity contribution in [3.8, 4) is 0 Å². The van der Waals surface area contributed by atoms with Crippen LogP contribution in [0.1, 0.15) is 41.0 Å². The second-order valence-corrected chi connectivity index (χ2v) is 8.14. The minimum atomic E-state index is -1.41. The van der Waals surface area contributed by atoms with Crippen LogP contribution in [0.25, 0.3) is 10.8 Å². The van der Waals surface area contributed by atoms with E-state index in [0.29, 0.717) is 17.8 Å². The molecule has 2 aromatic carbocycles. The summed E-state index contributed by atoms with van der Waals surface area (Å²) in [7, 11) is 1.79. The van der Waals surface area contributed by atoms with Crippen molar-refractivity contribution in [1.82, 2.24) is 14.5 Å². The maximum atomic E-state index is 12.3. The van der Waals surface area contributed by atoms with Crippen LogP contribution in [0.3, 0.4) is 0 Å². The minimum absolute atomic E-state index is 0.0218. The fourth-order valence-corrected chi connectivity index (χ4v) is 4.12. The molecule has 31 heavy (non-hydrogen) atoms. The molecule has 160 valence electrons. The highest BCUT2D eigenvalue weighted by Crippen LogP contribution is 2.38. The molecule has 0 aliphatic carbocycles. The predicted molar refractivity (Wildman–Crippen MR) is 117 cm³/mol. The first-order chi connectivity index (χ1) is 14.8. The fourth-order valence-electron chi connectivity index (χ4n) is 4.12. The van der Waals surface area contributed by atoms with Gasteiger partial charge in [-0.25, -0.2) is 14.3 Å². The van der Waals surface area contributed by atoms with Crippen molar-refractivity contribution in [2.24, 2.45) is 5.92 Å². The summed E-state index contributed by atoms with van der Waals surface area (Å²) in [5, 5.41) is 13.7. The second-order valence-electron chi connectivity index (χ2n) is 8.14. The number of aromatic nitrogens is 2. The Balaban J connectivity index is 1.77. The molecule has 1 aromatic heterocycles. The summed E-state index contributed by atoms with van der Waals surface area (Å²) in [6, 6.07) is 9.47. The van der Waals surface area contributed by atoms with Crippen LogP contribution >= 0.6 is 0 Å². The quantitative estimate of drug-likeness (QED) is 0.638. The smallest absolute Gasteiger partial charge is 0.419 e. The molecular weight excluding hydrogens is 394 g/mol. The first-order valence-electron chi connectivity index (χ1n) is 10.1. The summed E-state index contributed by atoms with van der Waals surface area (Å²) in [5.41, 5.74) is 1.33. The van der Waals surface area contributed by atoms with Crippen LogP contribution in [0.5, 0.6) is 0 Å². The maximum absolute atomic E-state index is 12.3. The SMILES string of the molecule is C=CCOC(=O)n1cnc(C(O)(c2ccc3c4c(ccc3c2)C(=O)N(C)C4)C(C)C)c1.